The van der Waals surface area contributed by atoms with Crippen molar-refractivity contribution in [3.8, 4) is 50.7 Å². The van der Waals surface area contributed by atoms with E-state index in [1.807, 2.05) is 24.3 Å². The van der Waals surface area contributed by atoms with Crippen molar-refractivity contribution >= 4 is 21.8 Å². The lowest BCUT2D eigenvalue weighted by Crippen LogP contribution is -2.26. The van der Waals surface area contributed by atoms with Gasteiger partial charge in [0.2, 0.25) is 0 Å². The lowest BCUT2D eigenvalue weighted by Gasteiger charge is -2.34. The number of benzene rings is 6. The highest BCUT2D eigenvalue weighted by Gasteiger charge is 2.34. The van der Waals surface area contributed by atoms with E-state index in [0.717, 1.165) is 39.5 Å². The molecule has 3 heteroatoms. The largest absolute Gasteiger partial charge is 0.309 e. The van der Waals surface area contributed by atoms with Crippen molar-refractivity contribution in [3.63, 3.8) is 0 Å². The Morgan fingerprint density at radius 1 is 0.457 bits per heavy atom. The summed E-state index contributed by atoms with van der Waals surface area (Å²) in [5.74, 6) is 0.723. The predicted octanol–water partition coefficient (Wildman–Crippen LogP) is 10.9. The van der Waals surface area contributed by atoms with Crippen molar-refractivity contribution in [1.82, 2.24) is 14.5 Å². The van der Waals surface area contributed by atoms with Crippen LogP contribution in [0.2, 0.25) is 0 Å². The van der Waals surface area contributed by atoms with E-state index in [1.165, 1.54) is 44.2 Å². The van der Waals surface area contributed by atoms with Gasteiger partial charge in [-0.25, -0.2) is 9.97 Å². The molecule has 0 saturated carbocycles. The molecule has 0 radical (unpaired) electrons. The van der Waals surface area contributed by atoms with E-state index in [-0.39, 0.29) is 5.41 Å². The molecule has 0 unspecified atom stereocenters. The molecule has 46 heavy (non-hydrogen) atoms. The molecule has 0 bridgehead atoms. The molecule has 0 aliphatic carbocycles. The van der Waals surface area contributed by atoms with E-state index >= 15 is 0 Å². The van der Waals surface area contributed by atoms with Crippen LogP contribution in [0.5, 0.6) is 0 Å². The van der Waals surface area contributed by atoms with Crippen molar-refractivity contribution < 1.29 is 0 Å². The Labute approximate surface area is 268 Å². The molecule has 1 aliphatic heterocycles. The molecule has 9 rings (SSSR count). The van der Waals surface area contributed by atoms with E-state index < -0.39 is 0 Å². The summed E-state index contributed by atoms with van der Waals surface area (Å²) in [5.41, 5.74) is 13.8. The number of rotatable bonds is 4. The van der Waals surface area contributed by atoms with Gasteiger partial charge < -0.3 is 4.57 Å². The van der Waals surface area contributed by atoms with Crippen LogP contribution < -0.4 is 0 Å². The van der Waals surface area contributed by atoms with Gasteiger partial charge in [0.05, 0.1) is 28.1 Å². The van der Waals surface area contributed by atoms with Gasteiger partial charge in [0.1, 0.15) is 0 Å². The Balaban J connectivity index is 1.21. The molecule has 0 spiro atoms. The highest BCUT2D eigenvalue weighted by Crippen LogP contribution is 2.47. The third-order valence-corrected chi connectivity index (χ3v) is 9.60. The SMILES string of the molecule is CC1(C)c2ccccc2-n2c3ccc(-c4cccc(-c5cc(-c6ccccc6)nc(-c6ccccc6)n5)c4)cc3c3cccc1c32. The molecule has 0 N–H and O–H groups in total. The van der Waals surface area contributed by atoms with Gasteiger partial charge in [0, 0.05) is 32.9 Å². The number of fused-ring (bicyclic) bond motifs is 5. The molecule has 0 atom stereocenters. The second-order valence-corrected chi connectivity index (χ2v) is 12.7. The van der Waals surface area contributed by atoms with E-state index in [0.29, 0.717) is 0 Å². The first-order valence-electron chi connectivity index (χ1n) is 15.8. The summed E-state index contributed by atoms with van der Waals surface area (Å²) in [7, 11) is 0. The summed E-state index contributed by atoms with van der Waals surface area (Å²) in [6, 6.07) is 54.0. The van der Waals surface area contributed by atoms with Crippen LogP contribution in [-0.4, -0.2) is 14.5 Å². The van der Waals surface area contributed by atoms with Gasteiger partial charge in [-0.15, -0.1) is 0 Å². The summed E-state index contributed by atoms with van der Waals surface area (Å²) in [6.07, 6.45) is 0. The molecule has 3 nitrogen and oxygen atoms in total. The Morgan fingerprint density at radius 3 is 1.87 bits per heavy atom. The lowest BCUT2D eigenvalue weighted by molar-refractivity contribution is 0.630. The number of nitrogens with zero attached hydrogens (tertiary/aromatic N) is 3. The van der Waals surface area contributed by atoms with E-state index in [4.69, 9.17) is 9.97 Å². The zero-order valence-corrected chi connectivity index (χ0v) is 25.8. The summed E-state index contributed by atoms with van der Waals surface area (Å²) in [4.78, 5) is 10.1. The van der Waals surface area contributed by atoms with Gasteiger partial charge in [0.15, 0.2) is 5.82 Å². The zero-order chi connectivity index (χ0) is 30.8. The van der Waals surface area contributed by atoms with Crippen molar-refractivity contribution in [3.05, 3.63) is 163 Å². The third kappa shape index (κ3) is 4.05. The second kappa shape index (κ2) is 10.1. The number of para-hydroxylation sites is 2. The molecule has 3 heterocycles. The van der Waals surface area contributed by atoms with Crippen LogP contribution in [-0.2, 0) is 5.41 Å². The first-order chi connectivity index (χ1) is 22.6. The van der Waals surface area contributed by atoms with Crippen molar-refractivity contribution in [2.75, 3.05) is 0 Å². The van der Waals surface area contributed by atoms with E-state index in [9.17, 15) is 0 Å². The summed E-state index contributed by atoms with van der Waals surface area (Å²) in [5, 5.41) is 2.57. The van der Waals surface area contributed by atoms with Gasteiger partial charge in [-0.3, -0.25) is 0 Å². The minimum absolute atomic E-state index is 0.0770. The Morgan fingerprint density at radius 2 is 1.07 bits per heavy atom. The Kier molecular flexibility index (Phi) is 5.85. The second-order valence-electron chi connectivity index (χ2n) is 12.7. The normalized spacial score (nSPS) is 13.2. The third-order valence-electron chi connectivity index (χ3n) is 9.60. The van der Waals surface area contributed by atoms with E-state index in [1.54, 1.807) is 0 Å². The maximum atomic E-state index is 5.08. The fraction of sp³-hybridized carbons (Fsp3) is 0.0698. The topological polar surface area (TPSA) is 30.7 Å². The molecule has 0 amide bonds. The molecule has 2 aromatic heterocycles. The van der Waals surface area contributed by atoms with Crippen molar-refractivity contribution in [2.24, 2.45) is 0 Å². The lowest BCUT2D eigenvalue weighted by atomic mass is 9.75. The average Bonchev–Trinajstić information content (AvgIpc) is 3.46. The average molecular weight is 590 g/mol. The molecular formula is C43H31N3. The molecule has 6 aromatic carbocycles. The maximum absolute atomic E-state index is 5.08. The fourth-order valence-electron chi connectivity index (χ4n) is 7.27. The summed E-state index contributed by atoms with van der Waals surface area (Å²) in [6.45, 7) is 4.69. The number of hydrogen-bond donors (Lipinski definition) is 0. The molecule has 0 fully saturated rings. The molecule has 0 saturated heterocycles. The first-order valence-corrected chi connectivity index (χ1v) is 15.8. The van der Waals surface area contributed by atoms with Crippen LogP contribution in [0.3, 0.4) is 0 Å². The fourth-order valence-corrected chi connectivity index (χ4v) is 7.27. The monoisotopic (exact) mass is 589 g/mol. The van der Waals surface area contributed by atoms with Crippen LogP contribution >= 0.6 is 0 Å². The van der Waals surface area contributed by atoms with E-state index in [2.05, 4.69) is 146 Å². The smallest absolute Gasteiger partial charge is 0.160 e. The molecule has 8 aromatic rings. The Bertz CT molecular complexity index is 2380. The quantitative estimate of drug-likeness (QED) is 0.204. The minimum Gasteiger partial charge on any atom is -0.309 e. The predicted molar refractivity (Wildman–Crippen MR) is 190 cm³/mol. The van der Waals surface area contributed by atoms with Crippen LogP contribution in [0.25, 0.3) is 72.5 Å². The highest BCUT2D eigenvalue weighted by molar-refractivity contribution is 6.12. The molecular weight excluding hydrogens is 558 g/mol. The van der Waals surface area contributed by atoms with Crippen LogP contribution in [0, 0.1) is 0 Å². The summed E-state index contributed by atoms with van der Waals surface area (Å²) < 4.78 is 2.47. The van der Waals surface area contributed by atoms with Gasteiger partial charge in [-0.05, 0) is 52.6 Å². The van der Waals surface area contributed by atoms with Gasteiger partial charge in [-0.2, -0.15) is 0 Å². The van der Waals surface area contributed by atoms with Gasteiger partial charge in [0.25, 0.3) is 0 Å². The standard InChI is InChI=1S/C43H31N3/c1-43(2)35-20-9-10-22-40(35)46-39-24-23-31(26-34(39)33-19-12-21-36(43)41(33)46)30-17-11-18-32(25-30)38-27-37(28-13-5-3-6-14-28)44-42(45-38)29-15-7-4-8-16-29/h3-27H,1-2H3. The van der Waals surface area contributed by atoms with Crippen LogP contribution in [0.1, 0.15) is 25.0 Å². The van der Waals surface area contributed by atoms with Gasteiger partial charge >= 0.3 is 0 Å². The van der Waals surface area contributed by atoms with Crippen molar-refractivity contribution in [2.45, 2.75) is 19.3 Å². The van der Waals surface area contributed by atoms with Gasteiger partial charge in [-0.1, -0.05) is 135 Å². The number of aromatic nitrogens is 3. The Hall–Kier alpha value is -5.80. The first kappa shape index (κ1) is 26.6. The maximum Gasteiger partial charge on any atom is 0.160 e. The zero-order valence-electron chi connectivity index (χ0n) is 25.8. The van der Waals surface area contributed by atoms with Crippen molar-refractivity contribution in [1.29, 1.82) is 0 Å². The minimum atomic E-state index is -0.0770. The summed E-state index contributed by atoms with van der Waals surface area (Å²) >= 11 is 0. The highest BCUT2D eigenvalue weighted by atomic mass is 15.0. The molecule has 218 valence electrons. The van der Waals surface area contributed by atoms with Crippen LogP contribution in [0.15, 0.2) is 152 Å². The molecule has 1 aliphatic rings. The van der Waals surface area contributed by atoms with Crippen LogP contribution in [0.4, 0.5) is 0 Å². The number of hydrogen-bond acceptors (Lipinski definition) is 2.